The van der Waals surface area contributed by atoms with E-state index in [2.05, 4.69) is 50.2 Å². The number of ketones is 1. The van der Waals surface area contributed by atoms with Gasteiger partial charge in [-0.1, -0.05) is 24.6 Å². The molecule has 5 rings (SSSR count). The Hall–Kier alpha value is -1.91. The number of nitrogens with zero attached hydrogens (tertiary/aromatic N) is 1. The largest absolute Gasteiger partial charge is 0.396 e. The van der Waals surface area contributed by atoms with E-state index in [0.29, 0.717) is 31.1 Å². The van der Waals surface area contributed by atoms with Crippen LogP contribution >= 0.6 is 0 Å². The molecule has 184 valence electrons. The van der Waals surface area contributed by atoms with Crippen LogP contribution in [0.2, 0.25) is 0 Å². The zero-order valence-corrected chi connectivity index (χ0v) is 21.1. The maximum Gasteiger partial charge on any atom is 0.156 e. The van der Waals surface area contributed by atoms with Gasteiger partial charge in [-0.3, -0.25) is 4.79 Å². The molecule has 0 heterocycles. The fraction of sp³-hybridized carbons (Fsp3) is 0.633. The Kier molecular flexibility index (Phi) is 6.27. The zero-order valence-electron chi connectivity index (χ0n) is 21.1. The normalized spacial score (nSPS) is 34.9. The molecule has 2 N–H and O–H groups in total. The third kappa shape index (κ3) is 3.60. The molecule has 1 aromatic rings. The summed E-state index contributed by atoms with van der Waals surface area (Å²) in [7, 11) is 4.15. The zero-order chi connectivity index (χ0) is 24.1. The predicted octanol–water partition coefficient (Wildman–Crippen LogP) is 5.55. The third-order valence-corrected chi connectivity index (χ3v) is 9.94. The molecule has 0 aliphatic heterocycles. The van der Waals surface area contributed by atoms with Gasteiger partial charge in [-0.25, -0.2) is 0 Å². The number of carbonyl (C=O) groups excluding carboxylic acids is 1. The first-order valence-corrected chi connectivity index (χ1v) is 13.4. The number of fused-ring (bicyclic) bond motifs is 4. The summed E-state index contributed by atoms with van der Waals surface area (Å²) >= 11 is 0. The van der Waals surface area contributed by atoms with E-state index in [9.17, 15) is 15.0 Å². The molecule has 1 aromatic carbocycles. The summed E-state index contributed by atoms with van der Waals surface area (Å²) in [5.41, 5.74) is 6.06. The van der Waals surface area contributed by atoms with Crippen molar-refractivity contribution in [3.05, 3.63) is 52.6 Å². The molecule has 0 bridgehead atoms. The average molecular weight is 464 g/mol. The van der Waals surface area contributed by atoms with Crippen molar-refractivity contribution < 1.29 is 15.0 Å². The number of hydrogen-bond acceptors (Lipinski definition) is 4. The maximum atomic E-state index is 12.2. The van der Waals surface area contributed by atoms with Gasteiger partial charge in [0.25, 0.3) is 0 Å². The van der Waals surface area contributed by atoms with Crippen LogP contribution in [-0.2, 0) is 4.79 Å². The second-order valence-electron chi connectivity index (χ2n) is 11.5. The van der Waals surface area contributed by atoms with Crippen molar-refractivity contribution in [2.24, 2.45) is 17.3 Å². The topological polar surface area (TPSA) is 60.8 Å². The molecule has 0 saturated heterocycles. The Morgan fingerprint density at radius 1 is 1.09 bits per heavy atom. The van der Waals surface area contributed by atoms with E-state index in [1.807, 2.05) is 6.08 Å². The monoisotopic (exact) mass is 463 g/mol. The Morgan fingerprint density at radius 2 is 1.85 bits per heavy atom. The van der Waals surface area contributed by atoms with Gasteiger partial charge in [0.1, 0.15) is 0 Å². The number of aliphatic hydroxyl groups is 2. The molecule has 4 nitrogen and oxygen atoms in total. The number of benzene rings is 1. The fourth-order valence-electron chi connectivity index (χ4n) is 8.34. The van der Waals surface area contributed by atoms with Gasteiger partial charge >= 0.3 is 0 Å². The number of rotatable bonds is 6. The van der Waals surface area contributed by atoms with Crippen molar-refractivity contribution in [1.82, 2.24) is 0 Å². The second-order valence-corrected chi connectivity index (χ2v) is 11.5. The van der Waals surface area contributed by atoms with Crippen LogP contribution in [0.3, 0.4) is 0 Å². The van der Waals surface area contributed by atoms with Crippen LogP contribution in [0.5, 0.6) is 0 Å². The van der Waals surface area contributed by atoms with Crippen molar-refractivity contribution in [2.75, 3.05) is 25.6 Å². The van der Waals surface area contributed by atoms with Crippen molar-refractivity contribution in [3.63, 3.8) is 0 Å². The standard InChI is InChI=1S/C30H41NO3/c1-4-29-19-26(20-6-9-22(10-7-20)31(2)3)28-24-13-11-23(33)18-21(24)8-12-25(28)27(29)14-16-30(29,34)15-5-17-32/h6-7,9-10,18,25-27,32,34H,4-5,8,11-17,19H2,1-3H3/t25-,26+,27+,29-,30+/m0/s1. The lowest BCUT2D eigenvalue weighted by Crippen LogP contribution is -2.53. The van der Waals surface area contributed by atoms with Gasteiger partial charge in [-0.05, 0) is 105 Å². The summed E-state index contributed by atoms with van der Waals surface area (Å²) in [6, 6.07) is 9.03. The summed E-state index contributed by atoms with van der Waals surface area (Å²) in [5, 5.41) is 21.7. The lowest BCUT2D eigenvalue weighted by molar-refractivity contribution is -0.115. The Labute approximate surface area is 204 Å². The minimum Gasteiger partial charge on any atom is -0.396 e. The Morgan fingerprint density at radius 3 is 2.53 bits per heavy atom. The molecular formula is C30H41NO3. The summed E-state index contributed by atoms with van der Waals surface area (Å²) in [6.07, 6.45) is 10.7. The molecule has 4 heteroatoms. The van der Waals surface area contributed by atoms with Crippen LogP contribution in [-0.4, -0.2) is 42.3 Å². The van der Waals surface area contributed by atoms with E-state index in [-0.39, 0.29) is 23.7 Å². The average Bonchev–Trinajstić information content (AvgIpc) is 3.14. The summed E-state index contributed by atoms with van der Waals surface area (Å²) < 4.78 is 0. The van der Waals surface area contributed by atoms with Gasteiger partial charge in [0.15, 0.2) is 5.78 Å². The minimum atomic E-state index is -0.703. The second kappa shape index (κ2) is 8.95. The molecule has 5 atom stereocenters. The highest BCUT2D eigenvalue weighted by molar-refractivity contribution is 5.93. The van der Waals surface area contributed by atoms with Crippen LogP contribution in [0.4, 0.5) is 5.69 Å². The Bertz CT molecular complexity index is 1010. The lowest BCUT2D eigenvalue weighted by atomic mass is 9.49. The van der Waals surface area contributed by atoms with Gasteiger partial charge in [-0.2, -0.15) is 0 Å². The summed E-state index contributed by atoms with van der Waals surface area (Å²) in [6.45, 7) is 2.42. The van der Waals surface area contributed by atoms with Crippen molar-refractivity contribution in [2.45, 2.75) is 82.7 Å². The number of allylic oxidation sites excluding steroid dienone is 4. The molecule has 4 aliphatic carbocycles. The third-order valence-electron chi connectivity index (χ3n) is 9.94. The number of carbonyl (C=O) groups is 1. The molecule has 0 unspecified atom stereocenters. The first kappa shape index (κ1) is 23.8. The van der Waals surface area contributed by atoms with E-state index < -0.39 is 5.60 Å². The van der Waals surface area contributed by atoms with Gasteiger partial charge in [-0.15, -0.1) is 0 Å². The minimum absolute atomic E-state index is 0.118. The van der Waals surface area contributed by atoms with Crippen molar-refractivity contribution >= 4 is 11.5 Å². The predicted molar refractivity (Wildman–Crippen MR) is 137 cm³/mol. The van der Waals surface area contributed by atoms with Crippen LogP contribution in [0.1, 0.15) is 82.6 Å². The van der Waals surface area contributed by atoms with Gasteiger partial charge in [0, 0.05) is 44.1 Å². The van der Waals surface area contributed by atoms with Crippen LogP contribution < -0.4 is 4.90 Å². The van der Waals surface area contributed by atoms with Crippen LogP contribution in [0.15, 0.2) is 47.1 Å². The first-order chi connectivity index (χ1) is 16.3. The van der Waals surface area contributed by atoms with Crippen LogP contribution in [0.25, 0.3) is 0 Å². The molecular weight excluding hydrogens is 422 g/mol. The number of hydrogen-bond donors (Lipinski definition) is 2. The summed E-state index contributed by atoms with van der Waals surface area (Å²) in [5.74, 6) is 1.53. The SMILES string of the molecule is CC[C@]12C[C@H](c3ccc(N(C)C)cc3)C3=C4CCC(=O)C=C4CC[C@H]3[C@H]1CC[C@]2(O)CCCO. The number of aliphatic hydroxyl groups excluding tert-OH is 1. The molecule has 0 spiro atoms. The van der Waals surface area contributed by atoms with E-state index in [0.717, 1.165) is 44.9 Å². The van der Waals surface area contributed by atoms with E-state index in [1.165, 1.54) is 22.4 Å². The first-order valence-electron chi connectivity index (χ1n) is 13.4. The highest BCUT2D eigenvalue weighted by Gasteiger charge is 2.63. The smallest absolute Gasteiger partial charge is 0.156 e. The van der Waals surface area contributed by atoms with E-state index >= 15 is 0 Å². The quantitative estimate of drug-likeness (QED) is 0.581. The van der Waals surface area contributed by atoms with Crippen molar-refractivity contribution in [3.8, 4) is 0 Å². The molecule has 4 aliphatic rings. The van der Waals surface area contributed by atoms with Gasteiger partial charge in [0.2, 0.25) is 0 Å². The molecule has 2 fully saturated rings. The number of anilines is 1. The lowest BCUT2D eigenvalue weighted by Gasteiger charge is -2.56. The molecule has 0 radical (unpaired) electrons. The molecule has 0 aromatic heterocycles. The fourth-order valence-corrected chi connectivity index (χ4v) is 8.34. The van der Waals surface area contributed by atoms with Crippen LogP contribution in [0, 0.1) is 17.3 Å². The van der Waals surface area contributed by atoms with E-state index in [1.54, 1.807) is 5.57 Å². The highest BCUT2D eigenvalue weighted by Crippen LogP contribution is 2.68. The van der Waals surface area contributed by atoms with Gasteiger partial charge < -0.3 is 15.1 Å². The van der Waals surface area contributed by atoms with Crippen molar-refractivity contribution in [1.29, 1.82) is 0 Å². The highest BCUT2D eigenvalue weighted by atomic mass is 16.3. The molecule has 0 amide bonds. The summed E-state index contributed by atoms with van der Waals surface area (Å²) in [4.78, 5) is 14.4. The maximum absolute atomic E-state index is 12.2. The Balaban J connectivity index is 1.65. The molecule has 34 heavy (non-hydrogen) atoms. The van der Waals surface area contributed by atoms with E-state index in [4.69, 9.17) is 0 Å². The van der Waals surface area contributed by atoms with Gasteiger partial charge in [0.05, 0.1) is 5.60 Å². The molecule has 2 saturated carbocycles.